The van der Waals surface area contributed by atoms with E-state index in [2.05, 4.69) is 14.7 Å². The van der Waals surface area contributed by atoms with Gasteiger partial charge in [-0.3, -0.25) is 5.32 Å². The SMILES string of the molecule is COCCOc1nsc(NC(=O)N2C[C@H]3CCC[C@H]3C2)n1. The number of urea groups is 1. The molecule has 1 N–H and O–H groups in total. The molecule has 116 valence electrons. The highest BCUT2D eigenvalue weighted by molar-refractivity contribution is 7.10. The standard InChI is InChI=1S/C13H20N4O3S/c1-19-5-6-20-11-14-12(21-16-11)15-13(18)17-7-9-3-2-4-10(9)8-17/h9-10H,2-8H2,1H3,(H,14,15,16,18)/t9-,10+. The zero-order valence-corrected chi connectivity index (χ0v) is 12.9. The van der Waals surface area contributed by atoms with Gasteiger partial charge in [-0.25, -0.2) is 4.79 Å². The molecule has 7 nitrogen and oxygen atoms in total. The van der Waals surface area contributed by atoms with Crippen molar-refractivity contribution in [3.63, 3.8) is 0 Å². The summed E-state index contributed by atoms with van der Waals surface area (Å²) in [6.45, 7) is 2.62. The summed E-state index contributed by atoms with van der Waals surface area (Å²) < 4.78 is 14.2. The van der Waals surface area contributed by atoms with E-state index in [1.165, 1.54) is 19.3 Å². The number of fused-ring (bicyclic) bond motifs is 1. The summed E-state index contributed by atoms with van der Waals surface area (Å²) in [4.78, 5) is 18.2. The maximum Gasteiger partial charge on any atom is 0.330 e. The monoisotopic (exact) mass is 312 g/mol. The minimum atomic E-state index is -0.0796. The highest BCUT2D eigenvalue weighted by Gasteiger charge is 2.38. The number of nitrogens with one attached hydrogen (secondary N) is 1. The molecule has 1 aliphatic carbocycles. The maximum absolute atomic E-state index is 12.2. The van der Waals surface area contributed by atoms with Crippen molar-refractivity contribution in [2.45, 2.75) is 19.3 Å². The van der Waals surface area contributed by atoms with Gasteiger partial charge in [0.1, 0.15) is 6.61 Å². The van der Waals surface area contributed by atoms with Crippen LogP contribution in [0.1, 0.15) is 19.3 Å². The summed E-state index contributed by atoms with van der Waals surface area (Å²) in [6, 6.07) is 0.203. The van der Waals surface area contributed by atoms with Crippen molar-refractivity contribution < 1.29 is 14.3 Å². The molecular weight excluding hydrogens is 292 g/mol. The number of anilines is 1. The highest BCUT2D eigenvalue weighted by Crippen LogP contribution is 2.37. The fourth-order valence-electron chi connectivity index (χ4n) is 3.11. The van der Waals surface area contributed by atoms with Crippen LogP contribution in [0.2, 0.25) is 0 Å². The second kappa shape index (κ2) is 6.57. The van der Waals surface area contributed by atoms with Gasteiger partial charge in [-0.2, -0.15) is 4.98 Å². The van der Waals surface area contributed by atoms with Crippen molar-refractivity contribution in [2.24, 2.45) is 11.8 Å². The molecule has 1 saturated heterocycles. The van der Waals surface area contributed by atoms with Crippen LogP contribution in [0.25, 0.3) is 0 Å². The normalized spacial score (nSPS) is 24.1. The van der Waals surface area contributed by atoms with Crippen LogP contribution < -0.4 is 10.1 Å². The summed E-state index contributed by atoms with van der Waals surface area (Å²) in [6.07, 6.45) is 3.82. The average molecular weight is 312 g/mol. The van der Waals surface area contributed by atoms with E-state index in [1.54, 1.807) is 7.11 Å². The van der Waals surface area contributed by atoms with Crippen LogP contribution in [0.4, 0.5) is 9.93 Å². The molecule has 1 aliphatic heterocycles. The first kappa shape index (κ1) is 14.5. The van der Waals surface area contributed by atoms with Crippen LogP contribution in [0, 0.1) is 11.8 Å². The van der Waals surface area contributed by atoms with Crippen molar-refractivity contribution in [3.05, 3.63) is 0 Å². The zero-order valence-electron chi connectivity index (χ0n) is 12.1. The first-order chi connectivity index (χ1) is 10.3. The third-order valence-electron chi connectivity index (χ3n) is 4.15. The molecule has 0 spiro atoms. The number of carbonyl (C=O) groups is 1. The second-order valence-electron chi connectivity index (χ2n) is 5.51. The molecule has 2 heterocycles. The Balaban J connectivity index is 1.48. The second-order valence-corrected chi connectivity index (χ2v) is 6.26. The van der Waals surface area contributed by atoms with E-state index in [1.807, 2.05) is 4.90 Å². The van der Waals surface area contributed by atoms with Gasteiger partial charge in [0, 0.05) is 31.7 Å². The van der Waals surface area contributed by atoms with E-state index >= 15 is 0 Å². The van der Waals surface area contributed by atoms with Gasteiger partial charge < -0.3 is 14.4 Å². The lowest BCUT2D eigenvalue weighted by molar-refractivity contribution is 0.141. The molecule has 0 bridgehead atoms. The van der Waals surface area contributed by atoms with E-state index in [-0.39, 0.29) is 12.0 Å². The summed E-state index contributed by atoms with van der Waals surface area (Å²) >= 11 is 1.13. The molecule has 21 heavy (non-hydrogen) atoms. The molecule has 0 aromatic carbocycles. The minimum Gasteiger partial charge on any atom is -0.460 e. The number of amides is 2. The topological polar surface area (TPSA) is 76.6 Å². The minimum absolute atomic E-state index is 0.0796. The van der Waals surface area contributed by atoms with Crippen molar-refractivity contribution in [3.8, 4) is 6.01 Å². The Labute approximate surface area is 127 Å². The van der Waals surface area contributed by atoms with Crippen LogP contribution in [0.15, 0.2) is 0 Å². The molecule has 0 radical (unpaired) electrons. The number of likely N-dealkylation sites (tertiary alicyclic amines) is 1. The van der Waals surface area contributed by atoms with Gasteiger partial charge in [-0.05, 0) is 24.7 Å². The number of hydrogen-bond donors (Lipinski definition) is 1. The van der Waals surface area contributed by atoms with E-state index in [0.29, 0.717) is 30.2 Å². The Bertz CT molecular complexity index is 484. The van der Waals surface area contributed by atoms with Gasteiger partial charge in [0.25, 0.3) is 0 Å². The number of hydrogen-bond acceptors (Lipinski definition) is 6. The fraction of sp³-hybridized carbons (Fsp3) is 0.769. The first-order valence-corrected chi connectivity index (χ1v) is 8.05. The van der Waals surface area contributed by atoms with Crippen LogP contribution >= 0.6 is 11.5 Å². The summed E-state index contributed by atoms with van der Waals surface area (Å²) in [5.41, 5.74) is 0. The van der Waals surface area contributed by atoms with E-state index < -0.39 is 0 Å². The quantitative estimate of drug-likeness (QED) is 0.839. The van der Waals surface area contributed by atoms with Gasteiger partial charge in [-0.1, -0.05) is 6.42 Å². The van der Waals surface area contributed by atoms with Gasteiger partial charge in [-0.15, -0.1) is 4.37 Å². The van der Waals surface area contributed by atoms with E-state index in [9.17, 15) is 4.79 Å². The van der Waals surface area contributed by atoms with Crippen LogP contribution in [-0.4, -0.2) is 53.7 Å². The number of methoxy groups -OCH3 is 1. The number of nitrogens with zero attached hydrogens (tertiary/aromatic N) is 3. The molecule has 2 fully saturated rings. The average Bonchev–Trinajstić information content (AvgIpc) is 3.13. The lowest BCUT2D eigenvalue weighted by Gasteiger charge is -2.16. The maximum atomic E-state index is 12.2. The van der Waals surface area contributed by atoms with Crippen LogP contribution in [0.3, 0.4) is 0 Å². The predicted octanol–water partition coefficient (Wildman–Crippen LogP) is 1.83. The van der Waals surface area contributed by atoms with Gasteiger partial charge in [0.05, 0.1) is 6.61 Å². The summed E-state index contributed by atoms with van der Waals surface area (Å²) in [7, 11) is 1.61. The van der Waals surface area contributed by atoms with E-state index in [4.69, 9.17) is 9.47 Å². The highest BCUT2D eigenvalue weighted by atomic mass is 32.1. The smallest absolute Gasteiger partial charge is 0.330 e. The number of aromatic nitrogens is 2. The zero-order chi connectivity index (χ0) is 14.7. The number of ether oxygens (including phenoxy) is 2. The van der Waals surface area contributed by atoms with E-state index in [0.717, 1.165) is 24.6 Å². The number of carbonyl (C=O) groups excluding carboxylic acids is 1. The molecule has 1 aromatic heterocycles. The van der Waals surface area contributed by atoms with Crippen molar-refractivity contribution in [1.29, 1.82) is 0 Å². The van der Waals surface area contributed by atoms with Crippen LogP contribution in [-0.2, 0) is 4.74 Å². The Morgan fingerprint density at radius 3 is 2.86 bits per heavy atom. The summed E-state index contributed by atoms with van der Waals surface area (Å²) in [5.74, 6) is 1.39. The third kappa shape index (κ3) is 3.44. The molecule has 0 unspecified atom stereocenters. The van der Waals surface area contributed by atoms with Gasteiger partial charge in [0.15, 0.2) is 0 Å². The Hall–Kier alpha value is -1.41. The Kier molecular flexibility index (Phi) is 4.54. The molecule has 2 aliphatic rings. The van der Waals surface area contributed by atoms with Crippen LogP contribution in [0.5, 0.6) is 6.01 Å². The van der Waals surface area contributed by atoms with Crippen molar-refractivity contribution in [1.82, 2.24) is 14.3 Å². The summed E-state index contributed by atoms with van der Waals surface area (Å²) in [5, 5.41) is 3.28. The Morgan fingerprint density at radius 2 is 2.14 bits per heavy atom. The van der Waals surface area contributed by atoms with Crippen molar-refractivity contribution >= 4 is 22.7 Å². The predicted molar refractivity (Wildman–Crippen MR) is 78.7 cm³/mol. The fourth-order valence-corrected chi connectivity index (χ4v) is 3.62. The molecule has 2 atom stereocenters. The lowest BCUT2D eigenvalue weighted by Crippen LogP contribution is -2.33. The Morgan fingerprint density at radius 1 is 1.38 bits per heavy atom. The number of rotatable bonds is 5. The van der Waals surface area contributed by atoms with Gasteiger partial charge >= 0.3 is 12.0 Å². The molecule has 3 rings (SSSR count). The lowest BCUT2D eigenvalue weighted by atomic mass is 10.0. The van der Waals surface area contributed by atoms with Gasteiger partial charge in [0.2, 0.25) is 5.13 Å². The molecule has 1 saturated carbocycles. The molecule has 1 aromatic rings. The molecular formula is C13H20N4O3S. The molecule has 8 heteroatoms. The largest absolute Gasteiger partial charge is 0.460 e. The third-order valence-corrected chi connectivity index (χ3v) is 4.77. The molecule has 2 amide bonds. The van der Waals surface area contributed by atoms with Crippen molar-refractivity contribution in [2.75, 3.05) is 38.7 Å². The first-order valence-electron chi connectivity index (χ1n) is 7.27.